The molecule has 136 heavy (non-hydrogen) atoms. The topological polar surface area (TPSA) is 19.0 Å². The van der Waals surface area contributed by atoms with Crippen LogP contribution >= 0.6 is 0 Å². The maximum atomic E-state index is 8.00. The van der Waals surface area contributed by atoms with Gasteiger partial charge >= 0.3 is 0 Å². The second kappa shape index (κ2) is 33.5. The van der Waals surface area contributed by atoms with Gasteiger partial charge in [0.25, 0.3) is 0 Å². The Morgan fingerprint density at radius 3 is 0.971 bits per heavy atom. The van der Waals surface area contributed by atoms with Gasteiger partial charge in [0.2, 0.25) is 0 Å². The van der Waals surface area contributed by atoms with Crippen molar-refractivity contribution in [3.63, 3.8) is 0 Å². The third-order valence-electron chi connectivity index (χ3n) is 31.1. The third kappa shape index (κ3) is 14.4. The molecule has 5 atom stereocenters. The maximum Gasteiger partial charge on any atom is 0.105 e. The summed E-state index contributed by atoms with van der Waals surface area (Å²) in [4.78, 5) is 12.9. The largest absolute Gasteiger partial charge is 0.310 e. The Kier molecular flexibility index (Phi) is 21.1. The maximum absolute atomic E-state index is 8.00. The normalized spacial score (nSPS) is 15.8. The van der Waals surface area contributed by atoms with E-state index in [0.29, 0.717) is 0 Å². The highest BCUT2D eigenvalue weighted by Gasteiger charge is 2.52. The van der Waals surface area contributed by atoms with Crippen LogP contribution in [0.2, 0.25) is 0 Å². The standard InChI is InChI=1S/C132H115N3O/c1-85(2)127(95-37-20-15-21-38-95)135(128(4,5)6)136-126(94-57-55-89(56-58-94)91-61-67-101(68-62-91)133(100-65-59-90(60-66-100)88-35-18-14-19-36-88)103-69-74-111-106-41-22-27-46-116(106)129(7,8)121(111)82-103)81-99(77-86(3)87-33-16-13-17-34-87)93-53-51-92(52-54-93)97-63-72-114-109-44-25-30-49-119(109)132(124(114)79-97)120-50-31-26-45-110(120)115-73-64-98(80-125(115)132)96-39-32-40-102(78-96)134(104-70-75-112-107-42-23-28-47-117(107)130(9,10)122(112)83-104)105-71-76-113-108-43-24-29-48-118(108)131(11,12)123(113)84-105/h13-76,78-80,82-86,99,126-127H,77,81H2,1-12H3. The van der Waals surface area contributed by atoms with E-state index in [9.17, 15) is 0 Å². The Balaban J connectivity index is 0.599. The van der Waals surface area contributed by atoms with Gasteiger partial charge in [-0.3, -0.25) is 4.84 Å². The molecule has 0 bridgehead atoms. The van der Waals surface area contributed by atoms with Gasteiger partial charge in [0.05, 0.1) is 11.5 Å². The van der Waals surface area contributed by atoms with E-state index in [2.05, 4.69) is 523 Å². The molecule has 4 heteroatoms. The highest BCUT2D eigenvalue weighted by molar-refractivity contribution is 5.98. The van der Waals surface area contributed by atoms with Gasteiger partial charge in [-0.2, -0.15) is 5.06 Å². The van der Waals surface area contributed by atoms with Gasteiger partial charge in [-0.25, -0.2) is 0 Å². The molecule has 0 fully saturated rings. The van der Waals surface area contributed by atoms with Gasteiger partial charge < -0.3 is 9.80 Å². The van der Waals surface area contributed by atoms with Gasteiger partial charge in [0.15, 0.2) is 0 Å². The number of benzene rings is 18. The summed E-state index contributed by atoms with van der Waals surface area (Å²) in [5, 5.41) is 2.35. The first kappa shape index (κ1) is 85.7. The highest BCUT2D eigenvalue weighted by atomic mass is 16.7. The summed E-state index contributed by atoms with van der Waals surface area (Å²) in [7, 11) is 0. The Morgan fingerprint density at radius 2 is 0.537 bits per heavy atom. The van der Waals surface area contributed by atoms with Gasteiger partial charge in [-0.05, 0) is 314 Å². The number of hydroxylamine groups is 2. The van der Waals surface area contributed by atoms with E-state index in [1.54, 1.807) is 0 Å². The Morgan fingerprint density at radius 1 is 0.235 bits per heavy atom. The molecule has 5 unspecified atom stereocenters. The Hall–Kier alpha value is -14.5. The van der Waals surface area contributed by atoms with E-state index in [4.69, 9.17) is 4.84 Å². The van der Waals surface area contributed by atoms with Crippen LogP contribution in [0, 0.1) is 5.92 Å². The van der Waals surface area contributed by atoms with Crippen molar-refractivity contribution in [3.05, 3.63) is 503 Å². The molecule has 18 aromatic carbocycles. The molecule has 0 radical (unpaired) electrons. The Bertz CT molecular complexity index is 7510. The molecule has 0 aliphatic heterocycles. The highest BCUT2D eigenvalue weighted by Crippen LogP contribution is 2.65. The van der Waals surface area contributed by atoms with Gasteiger partial charge in [0.1, 0.15) is 6.10 Å². The zero-order valence-corrected chi connectivity index (χ0v) is 80.0. The third-order valence-corrected chi connectivity index (χ3v) is 31.1. The minimum atomic E-state index is -0.613. The zero-order chi connectivity index (χ0) is 92.7. The average Bonchev–Trinajstić information content (AvgIpc) is 1.50. The number of anilines is 6. The van der Waals surface area contributed by atoms with Crippen molar-refractivity contribution in [2.75, 3.05) is 9.80 Å². The van der Waals surface area contributed by atoms with Crippen LogP contribution in [-0.4, -0.2) is 10.6 Å². The lowest BCUT2D eigenvalue weighted by atomic mass is 9.70. The first-order valence-corrected chi connectivity index (χ1v) is 49.0. The molecule has 4 nitrogen and oxygen atoms in total. The summed E-state index contributed by atoms with van der Waals surface area (Å²) in [6, 6.07) is 161. The fourth-order valence-corrected chi connectivity index (χ4v) is 24.2. The van der Waals surface area contributed by atoms with E-state index in [0.717, 1.165) is 69.2 Å². The molecule has 18 aromatic rings. The van der Waals surface area contributed by atoms with Crippen LogP contribution in [-0.2, 0) is 26.5 Å². The molecule has 0 saturated carbocycles. The van der Waals surface area contributed by atoms with E-state index >= 15 is 0 Å². The lowest BCUT2D eigenvalue weighted by molar-refractivity contribution is -0.278. The smallest absolute Gasteiger partial charge is 0.105 e. The van der Waals surface area contributed by atoms with Crippen molar-refractivity contribution in [1.29, 1.82) is 0 Å². The zero-order valence-electron chi connectivity index (χ0n) is 80.0. The predicted octanol–water partition coefficient (Wildman–Crippen LogP) is 35.4. The lowest BCUT2D eigenvalue weighted by Gasteiger charge is -2.45. The molecule has 1 spiro atoms. The molecule has 664 valence electrons. The van der Waals surface area contributed by atoms with Crippen LogP contribution in [0.3, 0.4) is 0 Å². The van der Waals surface area contributed by atoms with Gasteiger partial charge in [-0.15, -0.1) is 0 Å². The number of hydrogen-bond acceptors (Lipinski definition) is 4. The van der Waals surface area contributed by atoms with E-state index in [1.807, 2.05) is 0 Å². The summed E-state index contributed by atoms with van der Waals surface area (Å²) >= 11 is 0. The van der Waals surface area contributed by atoms with Crippen molar-refractivity contribution in [2.45, 2.75) is 147 Å². The quantitative estimate of drug-likeness (QED) is 0.0630. The molecule has 0 aromatic heterocycles. The SMILES string of the molecule is CC(CC(CC(ON(C(c1ccccc1)C(C)C)C(C)(C)C)c1ccc(-c2ccc(N(c3ccc(-c4ccccc4)cc3)c3ccc4c(c3)C(C)(C)c3ccccc3-4)cc2)cc1)c1ccc(-c2ccc3c(c2)C2(c4ccccc4-3)c3ccccc3-c3ccc(-c4cccc(N(c5ccc6c(c5)C(C)(C)c5ccccc5-6)c5ccc6c(c5)C(C)(C)c5ccccc5-6)c4)cc32)cc1)c1ccccc1. The van der Waals surface area contributed by atoms with Crippen molar-refractivity contribution < 1.29 is 4.84 Å². The van der Waals surface area contributed by atoms with Crippen LogP contribution in [0.1, 0.15) is 198 Å². The van der Waals surface area contributed by atoms with Crippen molar-refractivity contribution in [2.24, 2.45) is 5.92 Å². The number of nitrogens with zero attached hydrogens (tertiary/aromatic N) is 3. The summed E-state index contributed by atoms with van der Waals surface area (Å²) in [6.07, 6.45) is 1.31. The molecular formula is C132H115N3O. The number of hydrogen-bond donors (Lipinski definition) is 0. The van der Waals surface area contributed by atoms with Crippen molar-refractivity contribution in [1.82, 2.24) is 5.06 Å². The van der Waals surface area contributed by atoms with E-state index in [-0.39, 0.29) is 51.7 Å². The second-order valence-electron chi connectivity index (χ2n) is 41.7. The predicted molar refractivity (Wildman–Crippen MR) is 569 cm³/mol. The van der Waals surface area contributed by atoms with E-state index in [1.165, 1.54) is 156 Å². The summed E-state index contributed by atoms with van der Waals surface area (Å²) < 4.78 is 0. The van der Waals surface area contributed by atoms with E-state index < -0.39 is 5.41 Å². The monoisotopic (exact) mass is 1760 g/mol. The number of rotatable bonds is 22. The Labute approximate surface area is 803 Å². The first-order valence-electron chi connectivity index (χ1n) is 49.0. The number of fused-ring (bicyclic) bond motifs is 19. The van der Waals surface area contributed by atoms with Gasteiger partial charge in [-0.1, -0.05) is 402 Å². The van der Waals surface area contributed by atoms with Crippen LogP contribution < -0.4 is 9.80 Å². The second-order valence-corrected chi connectivity index (χ2v) is 41.7. The molecular weight excluding hydrogens is 1640 g/mol. The average molecular weight is 1760 g/mol. The molecule has 23 rings (SSSR count). The molecule has 0 heterocycles. The van der Waals surface area contributed by atoms with Crippen LogP contribution in [0.25, 0.3) is 100 Å². The lowest BCUT2D eigenvalue weighted by Crippen LogP contribution is -2.46. The first-order chi connectivity index (χ1) is 66.1. The van der Waals surface area contributed by atoms with Crippen molar-refractivity contribution >= 4 is 34.1 Å². The summed E-state index contributed by atoms with van der Waals surface area (Å²) in [5.74, 6) is 0.558. The summed E-state index contributed by atoms with van der Waals surface area (Å²) in [5.41, 5.74) is 46.0. The molecule has 0 N–H and O–H groups in total. The van der Waals surface area contributed by atoms with Gasteiger partial charge in [0, 0.05) is 55.9 Å². The van der Waals surface area contributed by atoms with Crippen molar-refractivity contribution in [3.8, 4) is 100 Å². The fraction of sp³-hybridized carbons (Fsp3) is 0.182. The van der Waals surface area contributed by atoms with Crippen LogP contribution in [0.15, 0.2) is 425 Å². The fourth-order valence-electron chi connectivity index (χ4n) is 24.2. The van der Waals surface area contributed by atoms with Crippen LogP contribution in [0.5, 0.6) is 0 Å². The molecule has 5 aliphatic carbocycles. The minimum absolute atomic E-state index is 0.0338. The van der Waals surface area contributed by atoms with Crippen LogP contribution in [0.4, 0.5) is 34.1 Å². The molecule has 0 amide bonds. The minimum Gasteiger partial charge on any atom is -0.310 e. The molecule has 0 saturated heterocycles. The molecule has 5 aliphatic rings. The summed E-state index contributed by atoms with van der Waals surface area (Å²) in [6.45, 7) is 28.3.